The van der Waals surface area contributed by atoms with Gasteiger partial charge in [-0.15, -0.1) is 0 Å². The Labute approximate surface area is 176 Å². The van der Waals surface area contributed by atoms with E-state index in [0.717, 1.165) is 24.8 Å². The van der Waals surface area contributed by atoms with Crippen LogP contribution < -0.4 is 4.74 Å². The van der Waals surface area contributed by atoms with Crippen LogP contribution in [0.25, 0.3) is 0 Å². The SMILES string of the molecule is CCCCC#Cc1cncc(C(=O)N2CCOC(COc3cncc(Cl)c3)C2)c1. The smallest absolute Gasteiger partial charge is 0.255 e. The number of halogens is 1. The van der Waals surface area contributed by atoms with Crippen molar-refractivity contribution in [1.82, 2.24) is 14.9 Å². The van der Waals surface area contributed by atoms with Crippen LogP contribution in [0.2, 0.25) is 5.02 Å². The quantitative estimate of drug-likeness (QED) is 0.535. The molecule has 0 aliphatic carbocycles. The Morgan fingerprint density at radius 2 is 2.17 bits per heavy atom. The average molecular weight is 414 g/mol. The third kappa shape index (κ3) is 6.45. The summed E-state index contributed by atoms with van der Waals surface area (Å²) in [6.07, 6.45) is 9.21. The summed E-state index contributed by atoms with van der Waals surface area (Å²) in [7, 11) is 0. The van der Waals surface area contributed by atoms with Gasteiger partial charge in [0.1, 0.15) is 18.5 Å². The maximum atomic E-state index is 12.9. The monoisotopic (exact) mass is 413 g/mol. The van der Waals surface area contributed by atoms with Gasteiger partial charge in [-0.2, -0.15) is 0 Å². The Morgan fingerprint density at radius 3 is 3.00 bits per heavy atom. The molecule has 1 saturated heterocycles. The van der Waals surface area contributed by atoms with Gasteiger partial charge in [-0.1, -0.05) is 36.8 Å². The van der Waals surface area contributed by atoms with Crippen molar-refractivity contribution in [3.05, 3.63) is 53.1 Å². The lowest BCUT2D eigenvalue weighted by Gasteiger charge is -2.32. The van der Waals surface area contributed by atoms with Gasteiger partial charge in [0, 0.05) is 43.2 Å². The molecule has 1 fully saturated rings. The van der Waals surface area contributed by atoms with Crippen LogP contribution >= 0.6 is 11.6 Å². The second-order valence-electron chi connectivity index (χ2n) is 6.76. The van der Waals surface area contributed by atoms with E-state index in [-0.39, 0.29) is 12.0 Å². The first-order chi connectivity index (χ1) is 14.2. The molecular weight excluding hydrogens is 390 g/mol. The fourth-order valence-electron chi connectivity index (χ4n) is 2.90. The summed E-state index contributed by atoms with van der Waals surface area (Å²) in [5.74, 6) is 6.71. The number of carbonyl (C=O) groups excluding carboxylic acids is 1. The number of ether oxygens (including phenoxy) is 2. The predicted octanol–water partition coefficient (Wildman–Crippen LogP) is 3.59. The summed E-state index contributed by atoms with van der Waals surface area (Å²) in [5, 5.41) is 0.508. The van der Waals surface area contributed by atoms with Gasteiger partial charge in [0.2, 0.25) is 0 Å². The van der Waals surface area contributed by atoms with Crippen LogP contribution in [0.3, 0.4) is 0 Å². The number of carbonyl (C=O) groups is 1. The molecular formula is C22H24ClN3O3. The third-order valence-corrected chi connectivity index (χ3v) is 4.62. The molecule has 1 unspecified atom stereocenters. The first-order valence-electron chi connectivity index (χ1n) is 9.74. The molecule has 0 radical (unpaired) electrons. The minimum Gasteiger partial charge on any atom is -0.489 e. The van der Waals surface area contributed by atoms with E-state index < -0.39 is 0 Å². The number of aromatic nitrogens is 2. The number of hydrogen-bond acceptors (Lipinski definition) is 5. The lowest BCUT2D eigenvalue weighted by Crippen LogP contribution is -2.47. The highest BCUT2D eigenvalue weighted by Gasteiger charge is 2.26. The largest absolute Gasteiger partial charge is 0.489 e. The maximum absolute atomic E-state index is 12.9. The summed E-state index contributed by atoms with van der Waals surface area (Å²) in [6, 6.07) is 3.49. The molecule has 1 amide bonds. The van der Waals surface area contributed by atoms with Gasteiger partial charge in [-0.3, -0.25) is 14.8 Å². The molecule has 152 valence electrons. The van der Waals surface area contributed by atoms with Gasteiger partial charge in [-0.05, 0) is 12.5 Å². The fourth-order valence-corrected chi connectivity index (χ4v) is 3.07. The van der Waals surface area contributed by atoms with Crippen molar-refractivity contribution in [2.24, 2.45) is 0 Å². The minimum absolute atomic E-state index is 0.0765. The van der Waals surface area contributed by atoms with E-state index in [2.05, 4.69) is 28.7 Å². The molecule has 6 nitrogen and oxygen atoms in total. The normalized spacial score (nSPS) is 16.1. The Balaban J connectivity index is 1.58. The van der Waals surface area contributed by atoms with Crippen LogP contribution in [0.5, 0.6) is 5.75 Å². The van der Waals surface area contributed by atoms with Crippen LogP contribution in [-0.4, -0.2) is 53.2 Å². The van der Waals surface area contributed by atoms with Crippen LogP contribution in [-0.2, 0) is 4.74 Å². The summed E-state index contributed by atoms with van der Waals surface area (Å²) in [6.45, 7) is 3.87. The molecule has 3 rings (SSSR count). The van der Waals surface area contributed by atoms with Gasteiger partial charge in [0.25, 0.3) is 5.91 Å². The van der Waals surface area contributed by atoms with Crippen molar-refractivity contribution in [3.63, 3.8) is 0 Å². The van der Waals surface area contributed by atoms with E-state index >= 15 is 0 Å². The zero-order valence-electron chi connectivity index (χ0n) is 16.4. The van der Waals surface area contributed by atoms with Crippen molar-refractivity contribution >= 4 is 17.5 Å². The van der Waals surface area contributed by atoms with Crippen molar-refractivity contribution in [2.75, 3.05) is 26.3 Å². The zero-order chi connectivity index (χ0) is 20.5. The Bertz CT molecular complexity index is 894. The first kappa shape index (κ1) is 21.1. The van der Waals surface area contributed by atoms with Crippen LogP contribution in [0.15, 0.2) is 36.9 Å². The van der Waals surface area contributed by atoms with Gasteiger partial charge in [0.05, 0.1) is 29.9 Å². The van der Waals surface area contributed by atoms with E-state index in [9.17, 15) is 4.79 Å². The number of hydrogen-bond donors (Lipinski definition) is 0. The van der Waals surface area contributed by atoms with E-state index in [4.69, 9.17) is 21.1 Å². The molecule has 0 saturated carbocycles. The molecule has 0 bridgehead atoms. The number of nitrogens with zero attached hydrogens (tertiary/aromatic N) is 3. The van der Waals surface area contributed by atoms with Crippen molar-refractivity contribution in [2.45, 2.75) is 32.3 Å². The summed E-state index contributed by atoms with van der Waals surface area (Å²) < 4.78 is 11.4. The highest BCUT2D eigenvalue weighted by atomic mass is 35.5. The van der Waals surface area contributed by atoms with E-state index in [0.29, 0.717) is 42.6 Å². The number of rotatable bonds is 6. The fraction of sp³-hybridized carbons (Fsp3) is 0.409. The predicted molar refractivity (Wildman–Crippen MR) is 111 cm³/mol. The highest BCUT2D eigenvalue weighted by molar-refractivity contribution is 6.30. The number of amides is 1. The topological polar surface area (TPSA) is 64.6 Å². The second-order valence-corrected chi connectivity index (χ2v) is 7.20. The first-order valence-corrected chi connectivity index (χ1v) is 10.1. The Hall–Kier alpha value is -2.62. The Morgan fingerprint density at radius 1 is 1.31 bits per heavy atom. The molecule has 2 aromatic heterocycles. The van der Waals surface area contributed by atoms with E-state index in [1.54, 1.807) is 41.8 Å². The van der Waals surface area contributed by atoms with Gasteiger partial charge in [0.15, 0.2) is 0 Å². The average Bonchev–Trinajstić information content (AvgIpc) is 2.75. The Kier molecular flexibility index (Phi) is 7.85. The third-order valence-electron chi connectivity index (χ3n) is 4.41. The van der Waals surface area contributed by atoms with Gasteiger partial charge >= 0.3 is 0 Å². The number of morpholine rings is 1. The highest BCUT2D eigenvalue weighted by Crippen LogP contribution is 2.17. The minimum atomic E-state index is -0.225. The van der Waals surface area contributed by atoms with Crippen LogP contribution in [0.4, 0.5) is 0 Å². The van der Waals surface area contributed by atoms with Crippen molar-refractivity contribution in [3.8, 4) is 17.6 Å². The molecule has 1 aliphatic heterocycles. The summed E-state index contributed by atoms with van der Waals surface area (Å²) >= 11 is 5.92. The van der Waals surface area contributed by atoms with Gasteiger partial charge in [-0.25, -0.2) is 0 Å². The van der Waals surface area contributed by atoms with Crippen LogP contribution in [0.1, 0.15) is 42.1 Å². The van der Waals surface area contributed by atoms with Crippen LogP contribution in [0, 0.1) is 11.8 Å². The molecule has 0 spiro atoms. The second kappa shape index (κ2) is 10.8. The molecule has 0 aromatic carbocycles. The molecule has 3 heterocycles. The molecule has 1 atom stereocenters. The summed E-state index contributed by atoms with van der Waals surface area (Å²) in [5.41, 5.74) is 1.29. The van der Waals surface area contributed by atoms with Crippen molar-refractivity contribution < 1.29 is 14.3 Å². The van der Waals surface area contributed by atoms with E-state index in [1.807, 2.05) is 0 Å². The molecule has 7 heteroatoms. The molecule has 1 aliphatic rings. The van der Waals surface area contributed by atoms with E-state index in [1.165, 1.54) is 0 Å². The maximum Gasteiger partial charge on any atom is 0.255 e. The van der Waals surface area contributed by atoms with Crippen molar-refractivity contribution in [1.29, 1.82) is 0 Å². The molecule has 0 N–H and O–H groups in total. The number of pyridine rings is 2. The standard InChI is InChI=1S/C22H24ClN3O3/c1-2-3-4-5-6-17-9-18(12-24-11-17)22(27)26-7-8-28-21(15-26)16-29-20-10-19(23)13-25-14-20/h9-14,21H,2-4,7-8,15-16H2,1H3. The lowest BCUT2D eigenvalue weighted by atomic mass is 10.1. The molecule has 29 heavy (non-hydrogen) atoms. The summed E-state index contributed by atoms with van der Waals surface area (Å²) in [4.78, 5) is 22.8. The van der Waals surface area contributed by atoms with Gasteiger partial charge < -0.3 is 14.4 Å². The zero-order valence-corrected chi connectivity index (χ0v) is 17.2. The molecule has 2 aromatic rings. The lowest BCUT2D eigenvalue weighted by molar-refractivity contribution is -0.0401. The number of unbranched alkanes of at least 4 members (excludes halogenated alkanes) is 2.